The van der Waals surface area contributed by atoms with Crippen LogP contribution in [0.5, 0.6) is 11.6 Å². The quantitative estimate of drug-likeness (QED) is 0.389. The van der Waals surface area contributed by atoms with E-state index in [9.17, 15) is 18.5 Å². The molecule has 0 N–H and O–H groups in total. The first kappa shape index (κ1) is 23.0. The van der Waals surface area contributed by atoms with Gasteiger partial charge >= 0.3 is 0 Å². The molecule has 0 radical (unpaired) electrons. The second-order valence-electron chi connectivity index (χ2n) is 7.88. The van der Waals surface area contributed by atoms with Crippen molar-refractivity contribution in [1.82, 2.24) is 9.38 Å². The van der Waals surface area contributed by atoms with Gasteiger partial charge in [-0.05, 0) is 73.9 Å². The zero-order chi connectivity index (χ0) is 24.5. The number of sulfone groups is 1. The van der Waals surface area contributed by atoms with Gasteiger partial charge in [-0.1, -0.05) is 30.3 Å². The van der Waals surface area contributed by atoms with Crippen LogP contribution < -0.4 is 10.3 Å². The molecule has 0 amide bonds. The molecule has 34 heavy (non-hydrogen) atoms. The number of hydrogen-bond donors (Lipinski definition) is 0. The van der Waals surface area contributed by atoms with Crippen molar-refractivity contribution in [3.05, 3.63) is 104 Å². The average Bonchev–Trinajstić information content (AvgIpc) is 2.79. The lowest BCUT2D eigenvalue weighted by molar-refractivity contribution is 0.460. The molecule has 0 saturated heterocycles. The summed E-state index contributed by atoms with van der Waals surface area (Å²) in [6, 6.07) is 18.3. The van der Waals surface area contributed by atoms with Crippen molar-refractivity contribution < 1.29 is 13.2 Å². The summed E-state index contributed by atoms with van der Waals surface area (Å²) in [6.45, 7) is 5.62. The van der Waals surface area contributed by atoms with E-state index in [1.807, 2.05) is 19.9 Å². The van der Waals surface area contributed by atoms with Crippen LogP contribution in [-0.4, -0.2) is 17.8 Å². The van der Waals surface area contributed by atoms with Crippen molar-refractivity contribution in [2.45, 2.75) is 25.7 Å². The number of allylic oxidation sites excluding steroid dienone is 1. The van der Waals surface area contributed by atoms with Gasteiger partial charge in [0.2, 0.25) is 15.7 Å². The fourth-order valence-corrected chi connectivity index (χ4v) is 4.79. The predicted molar refractivity (Wildman–Crippen MR) is 129 cm³/mol. The van der Waals surface area contributed by atoms with E-state index >= 15 is 0 Å². The largest absolute Gasteiger partial charge is 0.438 e. The van der Waals surface area contributed by atoms with Gasteiger partial charge in [-0.2, -0.15) is 10.2 Å². The van der Waals surface area contributed by atoms with E-state index in [2.05, 4.69) is 4.98 Å². The normalized spacial score (nSPS) is 11.9. The first-order valence-corrected chi connectivity index (χ1v) is 11.9. The monoisotopic (exact) mass is 471 g/mol. The number of hydrogen-bond acceptors (Lipinski definition) is 6. The zero-order valence-electron chi connectivity index (χ0n) is 18.8. The molecule has 2 aromatic carbocycles. The number of rotatable bonds is 5. The lowest BCUT2D eigenvalue weighted by atomic mass is 10.1. The van der Waals surface area contributed by atoms with Crippen LogP contribution in [0.4, 0.5) is 0 Å². The van der Waals surface area contributed by atoms with Gasteiger partial charge in [0, 0.05) is 6.20 Å². The van der Waals surface area contributed by atoms with Crippen LogP contribution in [0.25, 0.3) is 11.7 Å². The van der Waals surface area contributed by atoms with Gasteiger partial charge in [-0.25, -0.2) is 8.42 Å². The van der Waals surface area contributed by atoms with Crippen LogP contribution in [0.1, 0.15) is 22.3 Å². The molecule has 2 heterocycles. The van der Waals surface area contributed by atoms with Gasteiger partial charge in [-0.15, -0.1) is 0 Å². The topological polar surface area (TPSA) is 102 Å². The molecule has 7 nitrogen and oxygen atoms in total. The molecule has 0 atom stereocenters. The summed E-state index contributed by atoms with van der Waals surface area (Å²) in [5, 5.41) is 9.72. The number of aromatic nitrogens is 2. The summed E-state index contributed by atoms with van der Waals surface area (Å²) in [6.07, 6.45) is 2.57. The molecule has 0 spiro atoms. The molecule has 4 rings (SSSR count). The third kappa shape index (κ3) is 4.34. The molecule has 0 bridgehead atoms. The highest BCUT2D eigenvalue weighted by Gasteiger charge is 2.23. The number of benzene rings is 2. The number of fused-ring (bicyclic) bond motifs is 1. The fraction of sp³-hybridized carbons (Fsp3) is 0.115. The van der Waals surface area contributed by atoms with E-state index < -0.39 is 20.3 Å². The van der Waals surface area contributed by atoms with Crippen molar-refractivity contribution in [3.63, 3.8) is 0 Å². The Kier molecular flexibility index (Phi) is 6.05. The molecular weight excluding hydrogens is 450 g/mol. The molecule has 0 aliphatic rings. The first-order valence-electron chi connectivity index (χ1n) is 10.4. The lowest BCUT2D eigenvalue weighted by Gasteiger charge is -2.12. The van der Waals surface area contributed by atoms with Crippen molar-refractivity contribution in [3.8, 4) is 17.7 Å². The van der Waals surface area contributed by atoms with Gasteiger partial charge in [-0.3, -0.25) is 9.20 Å². The highest BCUT2D eigenvalue weighted by atomic mass is 32.2. The Balaban J connectivity index is 1.98. The second kappa shape index (κ2) is 8.96. The summed E-state index contributed by atoms with van der Waals surface area (Å²) in [7, 11) is -4.16. The third-order valence-electron chi connectivity index (χ3n) is 5.19. The van der Waals surface area contributed by atoms with Gasteiger partial charge in [0.05, 0.1) is 4.90 Å². The maximum Gasteiger partial charge on any atom is 0.269 e. The molecule has 0 aliphatic carbocycles. The number of nitrogens with zero attached hydrogens (tertiary/aromatic N) is 3. The minimum Gasteiger partial charge on any atom is -0.438 e. The van der Waals surface area contributed by atoms with Gasteiger partial charge in [0.15, 0.2) is 0 Å². The SMILES string of the molecule is Cc1cc(C)cc(Oc2nc3c(C)cccn3c(=O)c2C=C(C#N)S(=O)(=O)c2ccccc2)c1. The average molecular weight is 472 g/mol. The minimum absolute atomic E-state index is 0.0516. The van der Waals surface area contributed by atoms with E-state index in [1.165, 1.54) is 22.7 Å². The van der Waals surface area contributed by atoms with Gasteiger partial charge in [0.25, 0.3) is 5.56 Å². The highest BCUT2D eigenvalue weighted by molar-refractivity contribution is 7.95. The Hall–Kier alpha value is -4.22. The van der Waals surface area contributed by atoms with Crippen LogP contribution >= 0.6 is 0 Å². The zero-order valence-corrected chi connectivity index (χ0v) is 19.6. The Bertz CT molecular complexity index is 1630. The first-order chi connectivity index (χ1) is 16.2. The summed E-state index contributed by atoms with van der Waals surface area (Å²) < 4.78 is 33.5. The van der Waals surface area contributed by atoms with Gasteiger partial charge < -0.3 is 4.74 Å². The summed E-state index contributed by atoms with van der Waals surface area (Å²) in [4.78, 5) is 17.3. The Morgan fingerprint density at radius 2 is 1.71 bits per heavy atom. The Morgan fingerprint density at radius 1 is 1.03 bits per heavy atom. The molecule has 0 aliphatic heterocycles. The predicted octanol–water partition coefficient (Wildman–Crippen LogP) is 4.75. The van der Waals surface area contributed by atoms with E-state index in [4.69, 9.17) is 4.74 Å². The molecule has 0 fully saturated rings. The maximum atomic E-state index is 13.4. The molecule has 2 aromatic heterocycles. The van der Waals surface area contributed by atoms with Crippen LogP contribution in [0.2, 0.25) is 0 Å². The summed E-state index contributed by atoms with van der Waals surface area (Å²) in [5.41, 5.74) is 2.31. The fourth-order valence-electron chi connectivity index (χ4n) is 3.62. The van der Waals surface area contributed by atoms with Crippen molar-refractivity contribution in [2.75, 3.05) is 0 Å². The smallest absolute Gasteiger partial charge is 0.269 e. The Morgan fingerprint density at radius 3 is 2.35 bits per heavy atom. The Labute approximate surface area is 197 Å². The second-order valence-corrected chi connectivity index (χ2v) is 9.80. The minimum atomic E-state index is -4.16. The molecule has 0 saturated carbocycles. The van der Waals surface area contributed by atoms with E-state index in [1.54, 1.807) is 55.5 Å². The number of ether oxygens (including phenoxy) is 1. The summed E-state index contributed by atoms with van der Waals surface area (Å²) >= 11 is 0. The molecular formula is C26H21N3O4S. The molecule has 4 aromatic rings. The molecule has 170 valence electrons. The van der Waals surface area contributed by atoms with Crippen molar-refractivity contribution >= 4 is 21.6 Å². The standard InChI is InChI=1S/C26H21N3O4S/c1-17-12-18(2)14-20(13-17)33-25-23(26(30)29-11-7-8-19(3)24(29)28-25)15-22(16-27)34(31,32)21-9-5-4-6-10-21/h4-15H,1-3H3. The van der Waals surface area contributed by atoms with E-state index in [-0.39, 0.29) is 16.3 Å². The highest BCUT2D eigenvalue weighted by Crippen LogP contribution is 2.28. The van der Waals surface area contributed by atoms with Gasteiger partial charge in [0.1, 0.15) is 27.9 Å². The number of aryl methyl sites for hydroxylation is 3. The van der Waals surface area contributed by atoms with E-state index in [0.717, 1.165) is 22.8 Å². The van der Waals surface area contributed by atoms with Crippen LogP contribution in [0.3, 0.4) is 0 Å². The molecule has 8 heteroatoms. The van der Waals surface area contributed by atoms with Crippen molar-refractivity contribution in [1.29, 1.82) is 5.26 Å². The molecule has 0 unspecified atom stereocenters. The number of pyridine rings is 1. The van der Waals surface area contributed by atoms with Crippen LogP contribution in [0, 0.1) is 32.1 Å². The summed E-state index contributed by atoms with van der Waals surface area (Å²) in [5.74, 6) is 0.363. The van der Waals surface area contributed by atoms with E-state index in [0.29, 0.717) is 11.4 Å². The maximum absolute atomic E-state index is 13.4. The third-order valence-corrected chi connectivity index (χ3v) is 6.87. The van der Waals surface area contributed by atoms with Crippen LogP contribution in [-0.2, 0) is 9.84 Å². The lowest BCUT2D eigenvalue weighted by Crippen LogP contribution is -2.20. The number of nitriles is 1. The van der Waals surface area contributed by atoms with Crippen LogP contribution in [0.15, 0.2) is 81.5 Å². The van der Waals surface area contributed by atoms with Crippen molar-refractivity contribution in [2.24, 2.45) is 0 Å².